The zero-order valence-electron chi connectivity index (χ0n) is 34.0. The van der Waals surface area contributed by atoms with Crippen LogP contribution in [-0.4, -0.2) is 77.8 Å². The van der Waals surface area contributed by atoms with Crippen LogP contribution in [0, 0.1) is 5.92 Å². The van der Waals surface area contributed by atoms with Crippen molar-refractivity contribution in [1.82, 2.24) is 40.4 Å². The molecule has 4 atom stereocenters. The molecule has 0 bridgehead atoms. The molecule has 2 fully saturated rings. The minimum absolute atomic E-state index is 0.134. The Kier molecular flexibility index (Phi) is 11.5. The van der Waals surface area contributed by atoms with Gasteiger partial charge >= 0.3 is 6.09 Å². The maximum absolute atomic E-state index is 14.0. The molecule has 0 saturated carbocycles. The zero-order chi connectivity index (χ0) is 41.9. The molecule has 4 aromatic carbocycles. The fraction of sp³-hybridized carbons (Fsp3) is 0.319. The number of imidazole rings is 2. The number of aromatic amines is 2. The highest BCUT2D eigenvalue weighted by Gasteiger charge is 2.38. The minimum Gasteiger partial charge on any atom is -0.465 e. The summed E-state index contributed by atoms with van der Waals surface area (Å²) in [4.78, 5) is 71.2. The van der Waals surface area contributed by atoms with Crippen molar-refractivity contribution in [3.05, 3.63) is 121 Å². The van der Waals surface area contributed by atoms with Crippen molar-refractivity contribution < 1.29 is 24.3 Å². The summed E-state index contributed by atoms with van der Waals surface area (Å²) < 4.78 is 0. The van der Waals surface area contributed by atoms with Crippen molar-refractivity contribution in [1.29, 1.82) is 0 Å². The Morgan fingerprint density at radius 3 is 1.82 bits per heavy atom. The summed E-state index contributed by atoms with van der Waals surface area (Å²) in [7, 11) is 0. The molecule has 4 unspecified atom stereocenters. The van der Waals surface area contributed by atoms with Crippen LogP contribution in [-0.2, 0) is 14.4 Å². The first kappa shape index (κ1) is 40.0. The second-order valence-corrected chi connectivity index (χ2v) is 16.0. The van der Waals surface area contributed by atoms with E-state index in [1.165, 1.54) is 0 Å². The SMILES string of the molecule is CCC(=O)NC(C(=O)N1CCCC1c1ncc(-c2ccc(-c3ccc4cc(-c5cnc(C6CCCN6C(=O)C(NC(=O)O)C(C)C)[nH]5)ccc4c3)cc2)[nH]1)c1ccccc1. The smallest absolute Gasteiger partial charge is 0.405 e. The van der Waals surface area contributed by atoms with Gasteiger partial charge < -0.3 is 35.5 Å². The van der Waals surface area contributed by atoms with Crippen molar-refractivity contribution in [2.45, 2.75) is 77.0 Å². The number of amides is 4. The highest BCUT2D eigenvalue weighted by atomic mass is 16.4. The number of hydrogen-bond donors (Lipinski definition) is 5. The lowest BCUT2D eigenvalue weighted by atomic mass is 9.98. The molecule has 0 aliphatic carbocycles. The van der Waals surface area contributed by atoms with E-state index in [9.17, 15) is 24.3 Å². The van der Waals surface area contributed by atoms with Crippen LogP contribution < -0.4 is 10.6 Å². The van der Waals surface area contributed by atoms with Gasteiger partial charge in [-0.1, -0.05) is 99.6 Å². The van der Waals surface area contributed by atoms with Crippen molar-refractivity contribution in [3.8, 4) is 33.6 Å². The van der Waals surface area contributed by atoms with Gasteiger partial charge in [-0.15, -0.1) is 0 Å². The highest BCUT2D eigenvalue weighted by Crippen LogP contribution is 2.36. The molecule has 13 nitrogen and oxygen atoms in total. The summed E-state index contributed by atoms with van der Waals surface area (Å²) in [6.45, 7) is 6.60. The molecular formula is C47H50N8O5. The minimum atomic E-state index is -1.21. The Morgan fingerprint density at radius 2 is 1.23 bits per heavy atom. The monoisotopic (exact) mass is 806 g/mol. The first-order chi connectivity index (χ1) is 29.1. The van der Waals surface area contributed by atoms with Gasteiger partial charge in [-0.2, -0.15) is 0 Å². The first-order valence-electron chi connectivity index (χ1n) is 20.8. The highest BCUT2D eigenvalue weighted by molar-refractivity contribution is 5.91. The standard InChI is InChI=1S/C47H50N8O5/c1-4-40(56)52-42(31-10-6-5-7-11-31)46(58)55-23-9-13-39(55)43-48-26-36(50-43)30-16-14-29(15-17-30)32-18-19-34-25-35(21-20-33(34)24-32)37-27-49-44(51-37)38-12-8-22-54(38)45(57)41(28(2)3)53-47(59)60/h5-7,10-11,14-21,24-28,38-39,41-42,53H,4,8-9,12-13,22-23H2,1-3H3,(H,48,50)(H,49,51)(H,52,56)(H,59,60). The molecule has 2 aliphatic heterocycles. The second-order valence-electron chi connectivity index (χ2n) is 16.0. The number of likely N-dealkylation sites (tertiary alicyclic amines) is 2. The molecular weight excluding hydrogens is 757 g/mol. The largest absolute Gasteiger partial charge is 0.465 e. The van der Waals surface area contributed by atoms with Gasteiger partial charge in [-0.25, -0.2) is 14.8 Å². The molecule has 2 saturated heterocycles. The van der Waals surface area contributed by atoms with Crippen LogP contribution in [0.2, 0.25) is 0 Å². The summed E-state index contributed by atoms with van der Waals surface area (Å²) in [6, 6.07) is 28.4. The molecule has 308 valence electrons. The Bertz CT molecular complexity index is 2510. The predicted octanol–water partition coefficient (Wildman–Crippen LogP) is 8.17. The second kappa shape index (κ2) is 17.2. The Balaban J connectivity index is 0.946. The molecule has 2 aromatic heterocycles. The van der Waals surface area contributed by atoms with Gasteiger partial charge in [-0.05, 0) is 76.8 Å². The molecule has 6 aromatic rings. The Morgan fingerprint density at radius 1 is 0.700 bits per heavy atom. The van der Waals surface area contributed by atoms with Crippen molar-refractivity contribution in [3.63, 3.8) is 0 Å². The third-order valence-corrected chi connectivity index (χ3v) is 11.8. The third kappa shape index (κ3) is 8.25. The maximum atomic E-state index is 14.0. The number of carbonyl (C=O) groups excluding carboxylic acids is 3. The predicted molar refractivity (Wildman–Crippen MR) is 229 cm³/mol. The lowest BCUT2D eigenvalue weighted by Gasteiger charge is -2.29. The average Bonchev–Trinajstić information content (AvgIpc) is 4.11. The topological polar surface area (TPSA) is 176 Å². The van der Waals surface area contributed by atoms with Crippen LogP contribution in [0.3, 0.4) is 0 Å². The van der Waals surface area contributed by atoms with E-state index < -0.39 is 18.2 Å². The molecule has 8 rings (SSSR count). The van der Waals surface area contributed by atoms with Crippen LogP contribution in [0.5, 0.6) is 0 Å². The fourth-order valence-electron chi connectivity index (χ4n) is 8.56. The third-order valence-electron chi connectivity index (χ3n) is 11.8. The summed E-state index contributed by atoms with van der Waals surface area (Å²) in [5.41, 5.74) is 6.59. The van der Waals surface area contributed by atoms with Crippen LogP contribution in [0.1, 0.15) is 88.2 Å². The molecule has 4 heterocycles. The molecule has 60 heavy (non-hydrogen) atoms. The number of aromatic nitrogens is 4. The van der Waals surface area contributed by atoms with E-state index in [-0.39, 0.29) is 35.7 Å². The van der Waals surface area contributed by atoms with Gasteiger partial charge in [0.25, 0.3) is 0 Å². The maximum Gasteiger partial charge on any atom is 0.405 e. The summed E-state index contributed by atoms with van der Waals surface area (Å²) in [5.74, 6) is 0.706. The lowest BCUT2D eigenvalue weighted by molar-refractivity contribution is -0.137. The van der Waals surface area contributed by atoms with Crippen LogP contribution in [0.4, 0.5) is 4.79 Å². The fourth-order valence-corrected chi connectivity index (χ4v) is 8.56. The van der Waals surface area contributed by atoms with Crippen LogP contribution in [0.25, 0.3) is 44.4 Å². The van der Waals surface area contributed by atoms with E-state index >= 15 is 0 Å². The van der Waals surface area contributed by atoms with Gasteiger partial charge in [0, 0.05) is 25.1 Å². The van der Waals surface area contributed by atoms with Crippen molar-refractivity contribution in [2.75, 3.05) is 13.1 Å². The van der Waals surface area contributed by atoms with Gasteiger partial charge in [0.1, 0.15) is 23.7 Å². The quantitative estimate of drug-likeness (QED) is 0.0829. The van der Waals surface area contributed by atoms with Gasteiger partial charge in [0.05, 0.1) is 35.9 Å². The van der Waals surface area contributed by atoms with E-state index in [0.29, 0.717) is 25.3 Å². The Labute approximate surface area is 348 Å². The van der Waals surface area contributed by atoms with Crippen molar-refractivity contribution >= 4 is 34.6 Å². The molecule has 0 spiro atoms. The average molecular weight is 807 g/mol. The molecule has 0 radical (unpaired) electrons. The van der Waals surface area contributed by atoms with E-state index in [4.69, 9.17) is 4.98 Å². The zero-order valence-corrected chi connectivity index (χ0v) is 34.0. The summed E-state index contributed by atoms with van der Waals surface area (Å²) in [5, 5.41) is 16.8. The van der Waals surface area contributed by atoms with Crippen LogP contribution >= 0.6 is 0 Å². The van der Waals surface area contributed by atoms with Crippen LogP contribution in [0.15, 0.2) is 103 Å². The molecule has 13 heteroatoms. The first-order valence-corrected chi connectivity index (χ1v) is 20.8. The molecule has 2 aliphatic rings. The normalized spacial score (nSPS) is 17.5. The lowest BCUT2D eigenvalue weighted by Crippen LogP contribution is -2.50. The van der Waals surface area contributed by atoms with Gasteiger partial charge in [0.2, 0.25) is 17.7 Å². The van der Waals surface area contributed by atoms with Crippen molar-refractivity contribution in [2.24, 2.45) is 5.92 Å². The number of nitrogens with one attached hydrogen (secondary N) is 4. The number of rotatable bonds is 12. The number of fused-ring (bicyclic) bond motifs is 1. The summed E-state index contributed by atoms with van der Waals surface area (Å²) in [6.07, 6.45) is 5.90. The van der Waals surface area contributed by atoms with E-state index in [2.05, 4.69) is 86.2 Å². The van der Waals surface area contributed by atoms with Gasteiger partial charge in [0.15, 0.2) is 0 Å². The molecule has 5 N–H and O–H groups in total. The van der Waals surface area contributed by atoms with Gasteiger partial charge in [-0.3, -0.25) is 14.4 Å². The number of nitrogens with zero attached hydrogens (tertiary/aromatic N) is 4. The number of carbonyl (C=O) groups is 4. The van der Waals surface area contributed by atoms with E-state index in [1.807, 2.05) is 55.3 Å². The molecule has 4 amide bonds. The van der Waals surface area contributed by atoms with E-state index in [0.717, 1.165) is 81.5 Å². The Hall–Kier alpha value is -6.76. The number of carboxylic acid groups (broad SMARTS) is 1. The van der Waals surface area contributed by atoms with E-state index in [1.54, 1.807) is 18.0 Å². The summed E-state index contributed by atoms with van der Waals surface area (Å²) >= 11 is 0. The number of benzene rings is 4. The number of H-pyrrole nitrogens is 2. The number of hydrogen-bond acceptors (Lipinski definition) is 6.